The lowest BCUT2D eigenvalue weighted by Crippen LogP contribution is -2.38. The fourth-order valence-corrected chi connectivity index (χ4v) is 4.10. The molecule has 0 amide bonds. The molecule has 0 saturated carbocycles. The molecule has 0 aromatic heterocycles. The Morgan fingerprint density at radius 3 is 2.69 bits per heavy atom. The van der Waals surface area contributed by atoms with Gasteiger partial charge in [-0.2, -0.15) is 0 Å². The van der Waals surface area contributed by atoms with Crippen molar-refractivity contribution in [2.24, 2.45) is 5.73 Å². The van der Waals surface area contributed by atoms with E-state index in [9.17, 15) is 8.42 Å². The zero-order chi connectivity index (χ0) is 12.2. The first kappa shape index (κ1) is 13.9. The van der Waals surface area contributed by atoms with Gasteiger partial charge in [-0.3, -0.25) is 0 Å². The van der Waals surface area contributed by atoms with Crippen molar-refractivity contribution in [3.63, 3.8) is 0 Å². The molecule has 0 aromatic carbocycles. The fraction of sp³-hybridized carbons (Fsp3) is 1.00. The van der Waals surface area contributed by atoms with Crippen LogP contribution < -0.4 is 5.73 Å². The molecule has 1 saturated heterocycles. The molecule has 1 aliphatic rings. The molecule has 1 aliphatic heterocycles. The predicted octanol–water partition coefficient (Wildman–Crippen LogP) is -0.0576. The number of rotatable bonds is 6. The van der Waals surface area contributed by atoms with Crippen LogP contribution in [0.5, 0.6) is 0 Å². The van der Waals surface area contributed by atoms with Crippen molar-refractivity contribution in [2.45, 2.75) is 37.7 Å². The highest BCUT2D eigenvalue weighted by Gasteiger charge is 2.36. The molecule has 0 radical (unpaired) electrons. The van der Waals surface area contributed by atoms with E-state index in [0.717, 1.165) is 0 Å². The van der Waals surface area contributed by atoms with Gasteiger partial charge in [0, 0.05) is 19.8 Å². The van der Waals surface area contributed by atoms with E-state index < -0.39 is 21.2 Å². The lowest BCUT2D eigenvalue weighted by Gasteiger charge is -2.19. The second-order valence-corrected chi connectivity index (χ2v) is 6.31. The van der Waals surface area contributed by atoms with Crippen molar-refractivity contribution >= 4 is 9.84 Å². The number of ether oxygens (including phenoxy) is 2. The van der Waals surface area contributed by atoms with Crippen LogP contribution in [0.15, 0.2) is 0 Å². The summed E-state index contributed by atoms with van der Waals surface area (Å²) in [7, 11) is -3.17. The number of hydrogen-bond donors (Lipinski definition) is 1. The first-order valence-corrected chi connectivity index (χ1v) is 7.37. The quantitative estimate of drug-likeness (QED) is 0.715. The minimum Gasteiger partial charge on any atom is -0.377 e. The fourth-order valence-electron chi connectivity index (χ4n) is 1.99. The Labute approximate surface area is 97.2 Å². The van der Waals surface area contributed by atoms with E-state index in [-0.39, 0.29) is 18.4 Å². The standard InChI is InChI=1S/C10H21NO4S/c1-3-14-9(6-11)7-16(12,13)10-4-5-15-8(10)2/h8-10H,3-7,11H2,1-2H3. The Balaban J connectivity index is 2.62. The highest BCUT2D eigenvalue weighted by atomic mass is 32.2. The number of sulfone groups is 1. The van der Waals surface area contributed by atoms with Crippen LogP contribution in [0.25, 0.3) is 0 Å². The second kappa shape index (κ2) is 5.95. The van der Waals surface area contributed by atoms with Gasteiger partial charge in [0.15, 0.2) is 9.84 Å². The molecule has 96 valence electrons. The lowest BCUT2D eigenvalue weighted by atomic mass is 10.3. The van der Waals surface area contributed by atoms with Gasteiger partial charge in [0.1, 0.15) is 0 Å². The minimum absolute atomic E-state index is 0.00426. The largest absolute Gasteiger partial charge is 0.377 e. The monoisotopic (exact) mass is 251 g/mol. The van der Waals surface area contributed by atoms with Gasteiger partial charge >= 0.3 is 0 Å². The topological polar surface area (TPSA) is 78.6 Å². The Morgan fingerprint density at radius 2 is 2.25 bits per heavy atom. The first-order chi connectivity index (χ1) is 7.51. The molecule has 1 fully saturated rings. The molecule has 16 heavy (non-hydrogen) atoms. The third-order valence-electron chi connectivity index (χ3n) is 2.85. The highest BCUT2D eigenvalue weighted by molar-refractivity contribution is 7.92. The normalized spacial score (nSPS) is 28.2. The van der Waals surface area contributed by atoms with Crippen LogP contribution in [-0.4, -0.2) is 51.4 Å². The lowest BCUT2D eigenvalue weighted by molar-refractivity contribution is 0.0841. The molecule has 0 aromatic rings. The van der Waals surface area contributed by atoms with Crippen molar-refractivity contribution in [2.75, 3.05) is 25.5 Å². The van der Waals surface area contributed by atoms with Gasteiger partial charge in [0.25, 0.3) is 0 Å². The Kier molecular flexibility index (Phi) is 5.17. The van der Waals surface area contributed by atoms with E-state index in [2.05, 4.69) is 0 Å². The predicted molar refractivity (Wildman–Crippen MR) is 62.1 cm³/mol. The van der Waals surface area contributed by atoms with Gasteiger partial charge in [-0.05, 0) is 20.3 Å². The Morgan fingerprint density at radius 1 is 1.56 bits per heavy atom. The van der Waals surface area contributed by atoms with Crippen LogP contribution in [0.3, 0.4) is 0 Å². The summed E-state index contributed by atoms with van der Waals surface area (Å²) < 4.78 is 34.7. The van der Waals surface area contributed by atoms with E-state index >= 15 is 0 Å². The smallest absolute Gasteiger partial charge is 0.158 e. The minimum atomic E-state index is -3.17. The van der Waals surface area contributed by atoms with E-state index in [1.807, 2.05) is 6.92 Å². The summed E-state index contributed by atoms with van der Waals surface area (Å²) in [4.78, 5) is 0. The van der Waals surface area contributed by atoms with Gasteiger partial charge in [-0.25, -0.2) is 8.42 Å². The van der Waals surface area contributed by atoms with Crippen molar-refractivity contribution in [3.8, 4) is 0 Å². The zero-order valence-electron chi connectivity index (χ0n) is 9.89. The summed E-state index contributed by atoms with van der Waals surface area (Å²) in [6.45, 7) is 4.86. The Hall–Kier alpha value is -0.170. The summed E-state index contributed by atoms with van der Waals surface area (Å²) >= 11 is 0. The molecule has 5 nitrogen and oxygen atoms in total. The molecule has 3 atom stereocenters. The molecule has 6 heteroatoms. The molecule has 1 heterocycles. The summed E-state index contributed by atoms with van der Waals surface area (Å²) in [5.41, 5.74) is 5.48. The van der Waals surface area contributed by atoms with E-state index in [1.54, 1.807) is 6.92 Å². The van der Waals surface area contributed by atoms with Gasteiger partial charge in [0.05, 0.1) is 23.2 Å². The van der Waals surface area contributed by atoms with Crippen LogP contribution in [0.2, 0.25) is 0 Å². The Bertz CT molecular complexity index is 304. The van der Waals surface area contributed by atoms with Crippen molar-refractivity contribution in [1.29, 1.82) is 0 Å². The summed E-state index contributed by atoms with van der Waals surface area (Å²) in [5.74, 6) is -0.00426. The zero-order valence-corrected chi connectivity index (χ0v) is 10.7. The molecule has 1 rings (SSSR count). The molecule has 0 aliphatic carbocycles. The SMILES string of the molecule is CCOC(CN)CS(=O)(=O)C1CCOC1C. The molecule has 0 bridgehead atoms. The van der Waals surface area contributed by atoms with Crippen LogP contribution >= 0.6 is 0 Å². The van der Waals surface area contributed by atoms with Crippen LogP contribution in [-0.2, 0) is 19.3 Å². The molecular weight excluding hydrogens is 230 g/mol. The second-order valence-electron chi connectivity index (χ2n) is 4.05. The van der Waals surface area contributed by atoms with E-state index in [0.29, 0.717) is 19.6 Å². The van der Waals surface area contributed by atoms with Gasteiger partial charge in [-0.15, -0.1) is 0 Å². The maximum Gasteiger partial charge on any atom is 0.158 e. The summed E-state index contributed by atoms with van der Waals surface area (Å²) in [6.07, 6.45) is -0.0414. The maximum atomic E-state index is 12.1. The number of hydrogen-bond acceptors (Lipinski definition) is 5. The van der Waals surface area contributed by atoms with Gasteiger partial charge < -0.3 is 15.2 Å². The molecule has 0 spiro atoms. The molecule has 3 unspecified atom stereocenters. The highest BCUT2D eigenvalue weighted by Crippen LogP contribution is 2.22. The van der Waals surface area contributed by atoms with Crippen molar-refractivity contribution in [1.82, 2.24) is 0 Å². The van der Waals surface area contributed by atoms with Crippen LogP contribution in [0.1, 0.15) is 20.3 Å². The molecular formula is C10H21NO4S. The van der Waals surface area contributed by atoms with E-state index in [4.69, 9.17) is 15.2 Å². The van der Waals surface area contributed by atoms with Crippen LogP contribution in [0.4, 0.5) is 0 Å². The number of nitrogens with two attached hydrogens (primary N) is 1. The summed E-state index contributed by atoms with van der Waals surface area (Å²) in [5, 5.41) is -0.401. The van der Waals surface area contributed by atoms with Gasteiger partial charge in [0.2, 0.25) is 0 Å². The molecule has 2 N–H and O–H groups in total. The average molecular weight is 251 g/mol. The third kappa shape index (κ3) is 3.41. The van der Waals surface area contributed by atoms with Gasteiger partial charge in [-0.1, -0.05) is 0 Å². The third-order valence-corrected chi connectivity index (χ3v) is 5.23. The average Bonchev–Trinajstić information content (AvgIpc) is 2.64. The van der Waals surface area contributed by atoms with Crippen LogP contribution in [0, 0.1) is 0 Å². The van der Waals surface area contributed by atoms with E-state index in [1.165, 1.54) is 0 Å². The summed E-state index contributed by atoms with van der Waals surface area (Å²) in [6, 6.07) is 0. The van der Waals surface area contributed by atoms with Crippen molar-refractivity contribution < 1.29 is 17.9 Å². The maximum absolute atomic E-state index is 12.1. The first-order valence-electron chi connectivity index (χ1n) is 5.66. The van der Waals surface area contributed by atoms with Crippen molar-refractivity contribution in [3.05, 3.63) is 0 Å².